The molecule has 4 aliphatic rings. The van der Waals surface area contributed by atoms with Crippen LogP contribution in [0, 0.1) is 11.8 Å². The fourth-order valence-corrected chi connectivity index (χ4v) is 6.20. The van der Waals surface area contributed by atoms with E-state index in [1.165, 1.54) is 4.90 Å². The van der Waals surface area contributed by atoms with E-state index in [2.05, 4.69) is 0 Å². The van der Waals surface area contributed by atoms with E-state index in [1.807, 2.05) is 31.2 Å². The van der Waals surface area contributed by atoms with Crippen LogP contribution in [0.1, 0.15) is 26.2 Å². The van der Waals surface area contributed by atoms with Crippen LogP contribution in [-0.2, 0) is 23.9 Å². The van der Waals surface area contributed by atoms with Gasteiger partial charge in [-0.15, -0.1) is 0 Å². The van der Waals surface area contributed by atoms with Crippen LogP contribution >= 0.6 is 0 Å². The number of carbonyl (C=O) groups is 3. The molecular formula is C27H32N2O7. The minimum Gasteiger partial charge on any atom is -0.497 e. The molecule has 1 aromatic rings. The highest BCUT2D eigenvalue weighted by atomic mass is 16.6. The molecule has 0 aliphatic carbocycles. The first kappa shape index (κ1) is 24.5. The summed E-state index contributed by atoms with van der Waals surface area (Å²) in [5.41, 5.74) is -1.73. The molecule has 1 spiro atoms. The van der Waals surface area contributed by atoms with Crippen LogP contribution in [0.5, 0.6) is 5.75 Å². The number of methoxy groups -OCH3 is 1. The zero-order valence-electron chi connectivity index (χ0n) is 20.6. The summed E-state index contributed by atoms with van der Waals surface area (Å²) in [5, 5.41) is 9.51. The topological polar surface area (TPSA) is 106 Å². The molecule has 5 atom stereocenters. The standard InChI is InChI=1S/C27H32N2O7/c1-3-26-12-4-5-17-35-25(33)21(26)20-23(31)29(15-7-16-30)22-24(32)28(14-6-13-27(20,22)36-26)18-8-10-19(34-2)11-9-18/h4,6,8-13,20-22,30H,3,5,7,14-17H2,1-2H3/t20-,21-,22?,26+,27-/m0/s1. The third-order valence-corrected chi connectivity index (χ3v) is 7.84. The molecule has 9 nitrogen and oxygen atoms in total. The van der Waals surface area contributed by atoms with Gasteiger partial charge < -0.3 is 29.1 Å². The Morgan fingerprint density at radius 1 is 1.08 bits per heavy atom. The maximum atomic E-state index is 14.2. The van der Waals surface area contributed by atoms with Crippen molar-refractivity contribution in [2.45, 2.75) is 43.4 Å². The van der Waals surface area contributed by atoms with Gasteiger partial charge in [0.15, 0.2) is 0 Å². The van der Waals surface area contributed by atoms with E-state index in [1.54, 1.807) is 36.3 Å². The predicted molar refractivity (Wildman–Crippen MR) is 130 cm³/mol. The number of cyclic esters (lactones) is 1. The Morgan fingerprint density at radius 3 is 2.56 bits per heavy atom. The number of ether oxygens (including phenoxy) is 3. The lowest BCUT2D eigenvalue weighted by Gasteiger charge is -2.38. The van der Waals surface area contributed by atoms with Crippen molar-refractivity contribution in [1.29, 1.82) is 0 Å². The molecule has 0 radical (unpaired) electrons. The Bertz CT molecular complexity index is 1100. The number of aliphatic hydroxyl groups excluding tert-OH is 1. The number of aliphatic hydroxyl groups is 1. The number of likely N-dealkylation sites (tertiary alicyclic amines) is 1. The number of carbonyl (C=O) groups excluding carboxylic acids is 3. The lowest BCUT2D eigenvalue weighted by atomic mass is 9.73. The maximum Gasteiger partial charge on any atom is 0.313 e. The van der Waals surface area contributed by atoms with Gasteiger partial charge in [0.25, 0.3) is 5.91 Å². The van der Waals surface area contributed by atoms with Crippen LogP contribution in [0.25, 0.3) is 0 Å². The molecule has 2 saturated heterocycles. The minimum absolute atomic E-state index is 0.131. The van der Waals surface area contributed by atoms with Crippen molar-refractivity contribution in [1.82, 2.24) is 4.90 Å². The Morgan fingerprint density at radius 2 is 1.86 bits per heavy atom. The van der Waals surface area contributed by atoms with E-state index in [4.69, 9.17) is 14.2 Å². The first-order chi connectivity index (χ1) is 17.4. The molecular weight excluding hydrogens is 464 g/mol. The van der Waals surface area contributed by atoms with Crippen LogP contribution in [-0.4, -0.2) is 78.4 Å². The van der Waals surface area contributed by atoms with Crippen molar-refractivity contribution < 1.29 is 33.7 Å². The molecule has 192 valence electrons. The summed E-state index contributed by atoms with van der Waals surface area (Å²) in [5.74, 6) is -2.22. The second-order valence-electron chi connectivity index (χ2n) is 9.64. The van der Waals surface area contributed by atoms with E-state index in [-0.39, 0.29) is 38.1 Å². The number of fused-ring (bicyclic) bond motifs is 2. The summed E-state index contributed by atoms with van der Waals surface area (Å²) in [4.78, 5) is 44.7. The summed E-state index contributed by atoms with van der Waals surface area (Å²) in [6, 6.07) is 6.16. The van der Waals surface area contributed by atoms with Crippen LogP contribution in [0.3, 0.4) is 0 Å². The second-order valence-corrected chi connectivity index (χ2v) is 9.64. The van der Waals surface area contributed by atoms with Crippen molar-refractivity contribution in [3.63, 3.8) is 0 Å². The van der Waals surface area contributed by atoms with Crippen molar-refractivity contribution in [3.8, 4) is 5.75 Å². The molecule has 4 aliphatic heterocycles. The maximum absolute atomic E-state index is 14.2. The van der Waals surface area contributed by atoms with Crippen molar-refractivity contribution >= 4 is 23.5 Å². The Kier molecular flexibility index (Phi) is 6.38. The molecule has 2 amide bonds. The lowest BCUT2D eigenvalue weighted by molar-refractivity contribution is -0.160. The van der Waals surface area contributed by atoms with Crippen molar-refractivity contribution in [2.75, 3.05) is 38.3 Å². The lowest BCUT2D eigenvalue weighted by Crippen LogP contribution is -2.56. The zero-order valence-corrected chi connectivity index (χ0v) is 20.6. The molecule has 2 fully saturated rings. The normalized spacial score (nSPS) is 33.4. The van der Waals surface area contributed by atoms with E-state index < -0.39 is 35.0 Å². The largest absolute Gasteiger partial charge is 0.497 e. The highest BCUT2D eigenvalue weighted by Crippen LogP contribution is 2.58. The monoisotopic (exact) mass is 496 g/mol. The van der Waals surface area contributed by atoms with Gasteiger partial charge in [0.1, 0.15) is 28.9 Å². The van der Waals surface area contributed by atoms with Gasteiger partial charge >= 0.3 is 5.97 Å². The predicted octanol–water partition coefficient (Wildman–Crippen LogP) is 1.84. The van der Waals surface area contributed by atoms with Gasteiger partial charge in [-0.3, -0.25) is 14.4 Å². The second kappa shape index (κ2) is 9.37. The summed E-state index contributed by atoms with van der Waals surface area (Å²) in [7, 11) is 1.58. The number of amides is 2. The molecule has 36 heavy (non-hydrogen) atoms. The van der Waals surface area contributed by atoms with Gasteiger partial charge in [-0.1, -0.05) is 31.2 Å². The van der Waals surface area contributed by atoms with Crippen LogP contribution in [0.2, 0.25) is 0 Å². The highest BCUT2D eigenvalue weighted by Gasteiger charge is 2.75. The SMILES string of the molecule is CC[C@@]12C=CCCOC(=O)[C@@H]1[C@H]1C(=O)N(CCCO)C3C(=O)N(c4ccc(OC)cc4)CC=C[C@@]31O2. The number of benzene rings is 1. The average molecular weight is 497 g/mol. The Labute approximate surface area is 210 Å². The molecule has 0 aromatic heterocycles. The van der Waals surface area contributed by atoms with Gasteiger partial charge in [-0.25, -0.2) is 0 Å². The number of hydrogen-bond acceptors (Lipinski definition) is 7. The zero-order chi connectivity index (χ0) is 25.5. The molecule has 4 heterocycles. The quantitative estimate of drug-likeness (QED) is 0.473. The van der Waals surface area contributed by atoms with Gasteiger partial charge in [-0.05, 0) is 43.5 Å². The number of esters is 1. The van der Waals surface area contributed by atoms with Crippen LogP contribution in [0.4, 0.5) is 5.69 Å². The molecule has 1 N–H and O–H groups in total. The van der Waals surface area contributed by atoms with E-state index in [0.717, 1.165) is 0 Å². The third-order valence-electron chi connectivity index (χ3n) is 7.84. The smallest absolute Gasteiger partial charge is 0.313 e. The average Bonchev–Trinajstić information content (AvgIpc) is 3.23. The van der Waals surface area contributed by atoms with E-state index >= 15 is 0 Å². The van der Waals surface area contributed by atoms with Gasteiger partial charge in [-0.2, -0.15) is 0 Å². The molecule has 1 aromatic carbocycles. The van der Waals surface area contributed by atoms with Crippen LogP contribution < -0.4 is 9.64 Å². The minimum atomic E-state index is -1.33. The Balaban J connectivity index is 1.63. The van der Waals surface area contributed by atoms with Crippen molar-refractivity contribution in [3.05, 3.63) is 48.6 Å². The molecule has 9 heteroatoms. The fraction of sp³-hybridized carbons (Fsp3) is 0.519. The van der Waals surface area contributed by atoms with E-state index in [0.29, 0.717) is 30.7 Å². The first-order valence-corrected chi connectivity index (χ1v) is 12.5. The summed E-state index contributed by atoms with van der Waals surface area (Å²) < 4.78 is 17.6. The fourth-order valence-electron chi connectivity index (χ4n) is 6.20. The number of hydrogen-bond donors (Lipinski definition) is 1. The Hall–Kier alpha value is -3.17. The van der Waals surface area contributed by atoms with E-state index in [9.17, 15) is 19.5 Å². The summed E-state index contributed by atoms with van der Waals surface area (Å²) in [6.45, 7) is 2.48. The van der Waals surface area contributed by atoms with Gasteiger partial charge in [0.2, 0.25) is 5.91 Å². The number of rotatable bonds is 6. The highest BCUT2D eigenvalue weighted by molar-refractivity contribution is 6.05. The van der Waals surface area contributed by atoms with Crippen molar-refractivity contribution in [2.24, 2.45) is 11.8 Å². The first-order valence-electron chi connectivity index (χ1n) is 12.5. The van der Waals surface area contributed by atoms with Gasteiger partial charge in [0.05, 0.1) is 19.6 Å². The molecule has 0 bridgehead atoms. The summed E-state index contributed by atoms with van der Waals surface area (Å²) in [6.07, 6.45) is 8.77. The summed E-state index contributed by atoms with van der Waals surface area (Å²) >= 11 is 0. The number of nitrogens with zero attached hydrogens (tertiary/aromatic N) is 2. The molecule has 5 rings (SSSR count). The molecule has 0 saturated carbocycles. The number of anilines is 1. The third kappa shape index (κ3) is 3.56. The van der Waals surface area contributed by atoms with Gasteiger partial charge in [0, 0.05) is 25.4 Å². The molecule has 1 unspecified atom stereocenters. The van der Waals surface area contributed by atoms with Crippen LogP contribution in [0.15, 0.2) is 48.6 Å².